The average molecular weight is 258 g/mol. The number of carbonyl (C=O) groups excluding carboxylic acids is 1. The Labute approximate surface area is 109 Å². The Hall–Kier alpha value is -0.220. The van der Waals surface area contributed by atoms with Crippen molar-refractivity contribution in [3.8, 4) is 0 Å². The summed E-state index contributed by atoms with van der Waals surface area (Å²) in [5.41, 5.74) is 0. The number of carbonyl (C=O) groups is 1. The Kier molecular flexibility index (Phi) is 8.53. The van der Waals surface area contributed by atoms with Crippen molar-refractivity contribution < 1.29 is 4.79 Å². The van der Waals surface area contributed by atoms with Crippen LogP contribution in [0.5, 0.6) is 0 Å². The monoisotopic (exact) mass is 258 g/mol. The Bertz CT molecular complexity index is 212. The second kappa shape index (κ2) is 9.77. The molecule has 1 amide bonds. The van der Waals surface area contributed by atoms with Gasteiger partial charge in [0.2, 0.25) is 5.91 Å². The van der Waals surface area contributed by atoms with E-state index >= 15 is 0 Å². The Morgan fingerprint density at radius 3 is 3.00 bits per heavy atom. The molecule has 1 rings (SSSR count). The van der Waals surface area contributed by atoms with E-state index in [9.17, 15) is 4.79 Å². The molecule has 0 radical (unpaired) electrons. The quantitative estimate of drug-likeness (QED) is 0.656. The lowest BCUT2D eigenvalue weighted by atomic mass is 10.1. The molecule has 17 heavy (non-hydrogen) atoms. The van der Waals surface area contributed by atoms with Gasteiger partial charge < -0.3 is 10.6 Å². The van der Waals surface area contributed by atoms with Crippen LogP contribution in [0.1, 0.15) is 44.9 Å². The number of nitrogens with one attached hydrogen (secondary N) is 2. The molecule has 0 aromatic rings. The molecule has 1 aliphatic rings. The molecule has 0 saturated carbocycles. The van der Waals surface area contributed by atoms with E-state index < -0.39 is 0 Å². The summed E-state index contributed by atoms with van der Waals surface area (Å²) in [4.78, 5) is 11.3. The van der Waals surface area contributed by atoms with Crippen LogP contribution in [-0.2, 0) is 4.79 Å². The number of amides is 1. The first kappa shape index (κ1) is 14.8. The summed E-state index contributed by atoms with van der Waals surface area (Å²) in [6, 6.07) is 0.406. The first-order chi connectivity index (χ1) is 8.33. The van der Waals surface area contributed by atoms with Crippen molar-refractivity contribution in [2.75, 3.05) is 25.1 Å². The smallest absolute Gasteiger partial charge is 0.221 e. The van der Waals surface area contributed by atoms with Crippen LogP contribution in [0.4, 0.5) is 0 Å². The summed E-state index contributed by atoms with van der Waals surface area (Å²) in [5, 5.41) is 6.43. The van der Waals surface area contributed by atoms with Gasteiger partial charge in [-0.1, -0.05) is 12.8 Å². The zero-order chi connectivity index (χ0) is 12.3. The van der Waals surface area contributed by atoms with Gasteiger partial charge in [0.15, 0.2) is 0 Å². The predicted octanol–water partition coefficient (Wildman–Crippen LogP) is 2.17. The van der Waals surface area contributed by atoms with Gasteiger partial charge in [-0.2, -0.15) is 11.8 Å². The first-order valence-corrected chi connectivity index (χ1v) is 8.21. The topological polar surface area (TPSA) is 41.1 Å². The molecule has 1 fully saturated rings. The molecule has 100 valence electrons. The Balaban J connectivity index is 1.96. The fourth-order valence-electron chi connectivity index (χ4n) is 2.18. The average Bonchev–Trinajstić information content (AvgIpc) is 2.52. The highest BCUT2D eigenvalue weighted by Gasteiger charge is 2.15. The molecule has 0 spiro atoms. The Morgan fingerprint density at radius 2 is 2.18 bits per heavy atom. The summed E-state index contributed by atoms with van der Waals surface area (Å²) >= 11 is 1.93. The Morgan fingerprint density at radius 1 is 1.35 bits per heavy atom. The summed E-state index contributed by atoms with van der Waals surface area (Å²) in [7, 11) is 0. The maximum atomic E-state index is 11.3. The van der Waals surface area contributed by atoms with Crippen LogP contribution < -0.4 is 10.6 Å². The van der Waals surface area contributed by atoms with E-state index in [4.69, 9.17) is 0 Å². The molecule has 1 aliphatic heterocycles. The van der Waals surface area contributed by atoms with Crippen molar-refractivity contribution in [3.63, 3.8) is 0 Å². The summed E-state index contributed by atoms with van der Waals surface area (Å²) in [6.07, 6.45) is 10.3. The van der Waals surface area contributed by atoms with Crippen LogP contribution in [0.25, 0.3) is 0 Å². The van der Waals surface area contributed by atoms with Crippen LogP contribution in [-0.4, -0.2) is 37.0 Å². The van der Waals surface area contributed by atoms with Crippen LogP contribution in [0.3, 0.4) is 0 Å². The first-order valence-electron chi connectivity index (χ1n) is 6.82. The van der Waals surface area contributed by atoms with Crippen molar-refractivity contribution in [1.82, 2.24) is 10.6 Å². The van der Waals surface area contributed by atoms with E-state index in [0.29, 0.717) is 12.5 Å². The van der Waals surface area contributed by atoms with Gasteiger partial charge in [0.25, 0.3) is 0 Å². The lowest BCUT2D eigenvalue weighted by Gasteiger charge is -2.14. The molecule has 1 atom stereocenters. The molecule has 3 nitrogen and oxygen atoms in total. The highest BCUT2D eigenvalue weighted by Crippen LogP contribution is 2.07. The van der Waals surface area contributed by atoms with E-state index in [2.05, 4.69) is 16.9 Å². The second-order valence-corrected chi connectivity index (χ2v) is 5.74. The van der Waals surface area contributed by atoms with Gasteiger partial charge in [-0.05, 0) is 44.2 Å². The van der Waals surface area contributed by atoms with Gasteiger partial charge >= 0.3 is 0 Å². The number of hydrogen-bond donors (Lipinski definition) is 2. The normalized spacial score (nSPS) is 21.0. The van der Waals surface area contributed by atoms with Crippen LogP contribution in [0, 0.1) is 0 Å². The number of thioether (sulfide) groups is 1. The van der Waals surface area contributed by atoms with Gasteiger partial charge in [-0.3, -0.25) is 4.79 Å². The number of unbranched alkanes of at least 4 members (excludes halogenated alkanes) is 3. The van der Waals surface area contributed by atoms with Crippen LogP contribution in [0.2, 0.25) is 0 Å². The number of hydrogen-bond acceptors (Lipinski definition) is 3. The fourth-order valence-corrected chi connectivity index (χ4v) is 2.67. The molecule has 0 aromatic carbocycles. The maximum absolute atomic E-state index is 11.3. The van der Waals surface area contributed by atoms with E-state index in [1.165, 1.54) is 31.4 Å². The van der Waals surface area contributed by atoms with E-state index in [1.807, 2.05) is 11.8 Å². The molecule has 2 N–H and O–H groups in total. The third-order valence-corrected chi connectivity index (χ3v) is 3.89. The zero-order valence-corrected chi connectivity index (χ0v) is 11.8. The lowest BCUT2D eigenvalue weighted by molar-refractivity contribution is -0.121. The molecule has 0 aromatic heterocycles. The standard InChI is InChI=1S/C13H26N2OS/c1-17-10-5-3-2-4-8-14-12-7-6-9-15-13(16)11-12/h12,14H,2-11H2,1H3,(H,15,16). The predicted molar refractivity (Wildman–Crippen MR) is 75.5 cm³/mol. The van der Waals surface area contributed by atoms with Crippen molar-refractivity contribution in [2.45, 2.75) is 51.0 Å². The van der Waals surface area contributed by atoms with Gasteiger partial charge in [0.05, 0.1) is 0 Å². The van der Waals surface area contributed by atoms with E-state index in [0.717, 1.165) is 25.9 Å². The minimum absolute atomic E-state index is 0.208. The minimum atomic E-state index is 0.208. The maximum Gasteiger partial charge on any atom is 0.221 e. The summed E-state index contributed by atoms with van der Waals surface area (Å²) < 4.78 is 0. The van der Waals surface area contributed by atoms with Crippen molar-refractivity contribution in [2.24, 2.45) is 0 Å². The van der Waals surface area contributed by atoms with Gasteiger partial charge in [0, 0.05) is 19.0 Å². The summed E-state index contributed by atoms with van der Waals surface area (Å²) in [6.45, 7) is 1.92. The van der Waals surface area contributed by atoms with Gasteiger partial charge in [-0.15, -0.1) is 0 Å². The molecule has 1 unspecified atom stereocenters. The molecule has 1 saturated heterocycles. The highest BCUT2D eigenvalue weighted by molar-refractivity contribution is 7.98. The van der Waals surface area contributed by atoms with Crippen molar-refractivity contribution in [1.29, 1.82) is 0 Å². The van der Waals surface area contributed by atoms with E-state index in [1.54, 1.807) is 0 Å². The molecule has 4 heteroatoms. The highest BCUT2D eigenvalue weighted by atomic mass is 32.2. The van der Waals surface area contributed by atoms with E-state index in [-0.39, 0.29) is 5.91 Å². The van der Waals surface area contributed by atoms with Gasteiger partial charge in [-0.25, -0.2) is 0 Å². The molecule has 1 heterocycles. The third-order valence-electron chi connectivity index (χ3n) is 3.19. The molecule has 0 bridgehead atoms. The minimum Gasteiger partial charge on any atom is -0.356 e. The lowest BCUT2D eigenvalue weighted by Crippen LogP contribution is -2.33. The van der Waals surface area contributed by atoms with Gasteiger partial charge in [0.1, 0.15) is 0 Å². The van der Waals surface area contributed by atoms with Crippen LogP contribution in [0.15, 0.2) is 0 Å². The molecular formula is C13H26N2OS. The van der Waals surface area contributed by atoms with Crippen LogP contribution >= 0.6 is 11.8 Å². The van der Waals surface area contributed by atoms with Crippen molar-refractivity contribution in [3.05, 3.63) is 0 Å². The second-order valence-electron chi connectivity index (χ2n) is 4.75. The third kappa shape index (κ3) is 7.66. The molecule has 0 aliphatic carbocycles. The fraction of sp³-hybridized carbons (Fsp3) is 0.923. The largest absolute Gasteiger partial charge is 0.356 e. The van der Waals surface area contributed by atoms with Crippen molar-refractivity contribution >= 4 is 17.7 Å². The zero-order valence-electron chi connectivity index (χ0n) is 11.0. The molecular weight excluding hydrogens is 232 g/mol. The number of rotatable bonds is 8. The summed E-state index contributed by atoms with van der Waals surface area (Å²) in [5.74, 6) is 1.50. The SMILES string of the molecule is CSCCCCCCNC1CCCNC(=O)C1.